The maximum absolute atomic E-state index is 13.9. The number of halogens is 2. The number of rotatable bonds is 9. The lowest BCUT2D eigenvalue weighted by molar-refractivity contribution is -0.121. The van der Waals surface area contributed by atoms with Gasteiger partial charge in [-0.1, -0.05) is 54.5 Å². The first kappa shape index (κ1) is 25.8. The molecule has 2 aromatic heterocycles. The van der Waals surface area contributed by atoms with Gasteiger partial charge in [0.05, 0.1) is 14.1 Å². The first-order valence-corrected chi connectivity index (χ1v) is 14.9. The summed E-state index contributed by atoms with van der Waals surface area (Å²) >= 11 is 14.7. The molecular formula is C22H26Cl2N4O3S3. The van der Waals surface area contributed by atoms with E-state index < -0.39 is 16.1 Å². The van der Waals surface area contributed by atoms with Crippen molar-refractivity contribution >= 4 is 77.2 Å². The van der Waals surface area contributed by atoms with E-state index in [-0.39, 0.29) is 10.1 Å². The Labute approximate surface area is 217 Å². The van der Waals surface area contributed by atoms with E-state index in [1.54, 1.807) is 17.0 Å². The molecule has 1 amide bonds. The van der Waals surface area contributed by atoms with Gasteiger partial charge in [-0.2, -0.15) is 4.31 Å². The van der Waals surface area contributed by atoms with Crippen LogP contribution < -0.4 is 4.90 Å². The summed E-state index contributed by atoms with van der Waals surface area (Å²) in [6.07, 6.45) is 1.08. The molecule has 4 rings (SSSR count). The Balaban J connectivity index is 1.68. The predicted molar refractivity (Wildman–Crippen MR) is 141 cm³/mol. The molecule has 0 radical (unpaired) electrons. The molecule has 184 valence electrons. The van der Waals surface area contributed by atoms with Gasteiger partial charge in [-0.05, 0) is 50.2 Å². The Kier molecular flexibility index (Phi) is 8.18. The van der Waals surface area contributed by atoms with E-state index in [1.807, 2.05) is 12.1 Å². The van der Waals surface area contributed by atoms with Gasteiger partial charge in [-0.25, -0.2) is 13.4 Å². The molecule has 1 aliphatic rings. The van der Waals surface area contributed by atoms with E-state index in [4.69, 9.17) is 23.2 Å². The third kappa shape index (κ3) is 5.13. The topological polar surface area (TPSA) is 73.8 Å². The van der Waals surface area contributed by atoms with Crippen LogP contribution in [0.5, 0.6) is 0 Å². The average Bonchev–Trinajstić information content (AvgIpc) is 3.56. The molecule has 3 heterocycles. The van der Waals surface area contributed by atoms with Crippen molar-refractivity contribution in [1.29, 1.82) is 0 Å². The van der Waals surface area contributed by atoms with Crippen molar-refractivity contribution in [3.8, 4) is 0 Å². The van der Waals surface area contributed by atoms with Crippen molar-refractivity contribution in [2.24, 2.45) is 0 Å². The molecule has 0 bridgehead atoms. The monoisotopic (exact) mass is 560 g/mol. The van der Waals surface area contributed by atoms with Gasteiger partial charge in [0.25, 0.3) is 10.0 Å². The summed E-state index contributed by atoms with van der Waals surface area (Å²) in [6, 6.07) is 7.81. The first-order chi connectivity index (χ1) is 16.3. The van der Waals surface area contributed by atoms with Crippen molar-refractivity contribution in [3.63, 3.8) is 0 Å². The van der Waals surface area contributed by atoms with Crippen LogP contribution in [0.2, 0.25) is 9.36 Å². The van der Waals surface area contributed by atoms with Crippen molar-refractivity contribution in [1.82, 2.24) is 14.2 Å². The van der Waals surface area contributed by atoms with Crippen molar-refractivity contribution in [2.75, 3.05) is 37.6 Å². The molecule has 0 saturated carbocycles. The van der Waals surface area contributed by atoms with Crippen molar-refractivity contribution in [3.05, 3.63) is 39.7 Å². The van der Waals surface area contributed by atoms with Gasteiger partial charge >= 0.3 is 0 Å². The fourth-order valence-electron chi connectivity index (χ4n) is 4.11. The van der Waals surface area contributed by atoms with Crippen LogP contribution in [0.3, 0.4) is 0 Å². The summed E-state index contributed by atoms with van der Waals surface area (Å²) in [5.41, 5.74) is 0.647. The number of thiophene rings is 1. The van der Waals surface area contributed by atoms with Crippen LogP contribution in [0, 0.1) is 0 Å². The minimum atomic E-state index is -3.83. The van der Waals surface area contributed by atoms with Gasteiger partial charge in [0.2, 0.25) is 5.91 Å². The summed E-state index contributed by atoms with van der Waals surface area (Å²) in [5.74, 6) is -0.258. The highest BCUT2D eigenvalue weighted by molar-refractivity contribution is 7.91. The number of amides is 1. The van der Waals surface area contributed by atoms with Crippen molar-refractivity contribution < 1.29 is 13.2 Å². The van der Waals surface area contributed by atoms with Crippen LogP contribution in [0.4, 0.5) is 5.13 Å². The van der Waals surface area contributed by atoms with E-state index >= 15 is 0 Å². The first-order valence-electron chi connectivity index (χ1n) is 11.1. The molecule has 0 spiro atoms. The minimum Gasteiger partial charge on any atom is -0.302 e. The number of carbonyl (C=O) groups excluding carboxylic acids is 1. The molecule has 0 N–H and O–H groups in total. The number of thiazole rings is 1. The number of aromatic nitrogens is 1. The van der Waals surface area contributed by atoms with Gasteiger partial charge < -0.3 is 4.90 Å². The molecular weight excluding hydrogens is 535 g/mol. The van der Waals surface area contributed by atoms with Crippen LogP contribution in [0.25, 0.3) is 10.2 Å². The lowest BCUT2D eigenvalue weighted by Gasteiger charge is -2.29. The number of carbonyl (C=O) groups is 1. The quantitative estimate of drug-likeness (QED) is 0.360. The Morgan fingerprint density at radius 3 is 2.56 bits per heavy atom. The van der Waals surface area contributed by atoms with Crippen LogP contribution in [0.15, 0.2) is 34.5 Å². The lowest BCUT2D eigenvalue weighted by atomic mass is 10.2. The van der Waals surface area contributed by atoms with Crippen LogP contribution >= 0.6 is 45.9 Å². The molecule has 1 unspecified atom stereocenters. The average molecular weight is 562 g/mol. The number of nitrogens with zero attached hydrogens (tertiary/aromatic N) is 4. The van der Waals surface area contributed by atoms with Gasteiger partial charge in [-0.15, -0.1) is 11.3 Å². The smallest absolute Gasteiger partial charge is 0.253 e. The molecule has 7 nitrogen and oxygen atoms in total. The normalized spacial score (nSPS) is 17.1. The van der Waals surface area contributed by atoms with E-state index in [9.17, 15) is 13.2 Å². The minimum absolute atomic E-state index is 0.152. The molecule has 1 atom stereocenters. The lowest BCUT2D eigenvalue weighted by Crippen LogP contribution is -2.49. The molecule has 3 aromatic rings. The van der Waals surface area contributed by atoms with Gasteiger partial charge in [0.1, 0.15) is 15.8 Å². The maximum atomic E-state index is 13.9. The molecule has 12 heteroatoms. The SMILES string of the molecule is CCN(CC)CCN(C(=O)C1CCCN1S(=O)(=O)c1ccc(Cl)s1)c1nc2c(Cl)cccc2s1. The second-order valence-electron chi connectivity index (χ2n) is 7.93. The molecule has 1 aromatic carbocycles. The largest absolute Gasteiger partial charge is 0.302 e. The number of fused-ring (bicyclic) bond motifs is 1. The number of hydrogen-bond donors (Lipinski definition) is 0. The molecule has 0 aliphatic carbocycles. The Bertz CT molecular complexity index is 1270. The summed E-state index contributed by atoms with van der Waals surface area (Å²) < 4.78 is 29.4. The van der Waals surface area contributed by atoms with Crippen LogP contribution in [0.1, 0.15) is 26.7 Å². The van der Waals surface area contributed by atoms with Gasteiger partial charge in [0.15, 0.2) is 5.13 Å². The van der Waals surface area contributed by atoms with E-state index in [0.29, 0.717) is 52.5 Å². The molecule has 1 saturated heterocycles. The van der Waals surface area contributed by atoms with Crippen LogP contribution in [-0.2, 0) is 14.8 Å². The Morgan fingerprint density at radius 2 is 1.91 bits per heavy atom. The van der Waals surface area contributed by atoms with Crippen LogP contribution in [-0.4, -0.2) is 67.3 Å². The zero-order valence-corrected chi connectivity index (χ0v) is 22.9. The highest BCUT2D eigenvalue weighted by Crippen LogP contribution is 2.36. The number of anilines is 1. The van der Waals surface area contributed by atoms with Crippen molar-refractivity contribution in [2.45, 2.75) is 36.9 Å². The fourth-order valence-corrected chi connectivity index (χ4v) is 8.67. The van der Waals surface area contributed by atoms with E-state index in [0.717, 1.165) is 29.1 Å². The summed E-state index contributed by atoms with van der Waals surface area (Å²) in [7, 11) is -3.83. The highest BCUT2D eigenvalue weighted by Gasteiger charge is 2.42. The summed E-state index contributed by atoms with van der Waals surface area (Å²) in [4.78, 5) is 22.4. The maximum Gasteiger partial charge on any atom is 0.253 e. The highest BCUT2D eigenvalue weighted by atomic mass is 35.5. The zero-order chi connectivity index (χ0) is 24.5. The number of hydrogen-bond acceptors (Lipinski definition) is 7. The van der Waals surface area contributed by atoms with E-state index in [2.05, 4.69) is 23.7 Å². The van der Waals surface area contributed by atoms with Gasteiger partial charge in [0, 0.05) is 19.6 Å². The second kappa shape index (κ2) is 10.8. The summed E-state index contributed by atoms with van der Waals surface area (Å²) in [5, 5.41) is 1.06. The number of sulfonamides is 1. The third-order valence-corrected chi connectivity index (χ3v) is 10.9. The Morgan fingerprint density at radius 1 is 1.15 bits per heavy atom. The number of para-hydroxylation sites is 1. The molecule has 34 heavy (non-hydrogen) atoms. The van der Waals surface area contributed by atoms with Gasteiger partial charge in [-0.3, -0.25) is 9.69 Å². The Hall–Kier alpha value is -1.27. The third-order valence-electron chi connectivity index (χ3n) is 5.99. The second-order valence-corrected chi connectivity index (χ2v) is 13.2. The number of likely N-dealkylation sites (N-methyl/N-ethyl adjacent to an activating group) is 1. The number of benzene rings is 1. The zero-order valence-electron chi connectivity index (χ0n) is 18.9. The standard InChI is InChI=1S/C22H26Cl2N4O3S3/c1-3-26(4-2)13-14-27(22-25-20-15(23)7-5-9-17(20)32-22)21(29)16-8-6-12-28(16)34(30,31)19-11-10-18(24)33-19/h5,7,9-11,16H,3-4,6,8,12-14H2,1-2H3. The summed E-state index contributed by atoms with van der Waals surface area (Å²) in [6.45, 7) is 7.22. The fraction of sp³-hybridized carbons (Fsp3) is 0.455. The molecule has 1 fully saturated rings. The predicted octanol–water partition coefficient (Wildman–Crippen LogP) is 5.19. The molecule has 1 aliphatic heterocycles. The van der Waals surface area contributed by atoms with E-state index in [1.165, 1.54) is 21.7 Å².